The minimum atomic E-state index is -0.883. The summed E-state index contributed by atoms with van der Waals surface area (Å²) in [6.07, 6.45) is 0.122. The van der Waals surface area contributed by atoms with Gasteiger partial charge in [0.25, 0.3) is 5.91 Å². The van der Waals surface area contributed by atoms with E-state index >= 15 is 0 Å². The molecular formula is C35H43NO6. The number of nitrogens with one attached hydrogen (secondary N) is 1. The maximum absolute atomic E-state index is 13.3. The van der Waals surface area contributed by atoms with Crippen LogP contribution in [0.5, 0.6) is 23.0 Å². The number of ketones is 1. The largest absolute Gasteiger partial charge is 0.507 e. The maximum atomic E-state index is 13.3. The van der Waals surface area contributed by atoms with E-state index in [-0.39, 0.29) is 47.0 Å². The Kier molecular flexibility index (Phi) is 7.87. The summed E-state index contributed by atoms with van der Waals surface area (Å²) in [5.41, 5.74) is 3.36. The number of aromatic hydroxyl groups is 2. The summed E-state index contributed by atoms with van der Waals surface area (Å²) in [6, 6.07) is 10.5. The van der Waals surface area contributed by atoms with Crippen LogP contribution in [0.25, 0.3) is 0 Å². The van der Waals surface area contributed by atoms with Gasteiger partial charge in [-0.2, -0.15) is 0 Å². The number of phenolic OH excluding ortho intramolecular Hbond substituents is 2. The van der Waals surface area contributed by atoms with E-state index in [0.717, 1.165) is 16.7 Å². The van der Waals surface area contributed by atoms with Gasteiger partial charge in [0.05, 0.1) is 12.0 Å². The Labute approximate surface area is 248 Å². The molecule has 0 aromatic heterocycles. The Morgan fingerprint density at radius 1 is 0.905 bits per heavy atom. The Morgan fingerprint density at radius 3 is 1.98 bits per heavy atom. The predicted molar refractivity (Wildman–Crippen MR) is 166 cm³/mol. The molecule has 42 heavy (non-hydrogen) atoms. The zero-order valence-corrected chi connectivity index (χ0v) is 26.4. The van der Waals surface area contributed by atoms with Crippen LogP contribution in [-0.2, 0) is 10.8 Å². The Bertz CT molecular complexity index is 1520. The topological polar surface area (TPSA) is 105 Å². The summed E-state index contributed by atoms with van der Waals surface area (Å²) in [5, 5.41) is 24.3. The normalized spacial score (nSPS) is 17.0. The van der Waals surface area contributed by atoms with Crippen LogP contribution in [0.3, 0.4) is 0 Å². The number of fused-ring (bicyclic) bond motifs is 1. The monoisotopic (exact) mass is 573 g/mol. The predicted octanol–water partition coefficient (Wildman–Crippen LogP) is 7.67. The van der Waals surface area contributed by atoms with Crippen LogP contribution < -0.4 is 14.8 Å². The van der Waals surface area contributed by atoms with Gasteiger partial charge in [0.1, 0.15) is 35.2 Å². The van der Waals surface area contributed by atoms with Gasteiger partial charge in [0.2, 0.25) is 0 Å². The van der Waals surface area contributed by atoms with Gasteiger partial charge in [-0.15, -0.1) is 0 Å². The number of carbonyl (C=O) groups excluding carboxylic acids is 2. The van der Waals surface area contributed by atoms with E-state index < -0.39 is 5.60 Å². The number of rotatable bonds is 5. The number of phenols is 2. The minimum Gasteiger partial charge on any atom is -0.507 e. The third-order valence-electron chi connectivity index (χ3n) is 8.02. The molecule has 1 aliphatic rings. The van der Waals surface area contributed by atoms with Crippen LogP contribution in [0, 0.1) is 20.8 Å². The second kappa shape index (κ2) is 10.7. The van der Waals surface area contributed by atoms with E-state index in [9.17, 15) is 19.8 Å². The molecule has 1 atom stereocenters. The smallest absolute Gasteiger partial charge is 0.255 e. The van der Waals surface area contributed by atoms with Crippen molar-refractivity contribution >= 4 is 17.4 Å². The average molecular weight is 574 g/mol. The Hall–Kier alpha value is -4.00. The molecule has 1 heterocycles. The lowest BCUT2D eigenvalue weighted by Gasteiger charge is -2.36. The highest BCUT2D eigenvalue weighted by molar-refractivity contribution is 6.05. The van der Waals surface area contributed by atoms with Crippen molar-refractivity contribution in [2.24, 2.45) is 0 Å². The lowest BCUT2D eigenvalue weighted by Crippen LogP contribution is -2.44. The van der Waals surface area contributed by atoms with Crippen molar-refractivity contribution in [1.82, 2.24) is 0 Å². The third-order valence-corrected chi connectivity index (χ3v) is 8.02. The Morgan fingerprint density at radius 2 is 1.45 bits per heavy atom. The molecular weight excluding hydrogens is 530 g/mol. The number of hydrogen-bond acceptors (Lipinski definition) is 6. The summed E-state index contributed by atoms with van der Waals surface area (Å²) in [7, 11) is 0. The van der Waals surface area contributed by atoms with Gasteiger partial charge in [-0.05, 0) is 86.1 Å². The SMILES string of the molecule is Cc1c(C)c2c(c(C)c1O)C(=O)CC(C)(COc1ccc(NC(=O)c3cc(C(C)(C)C)c(O)c(C(C)(C)C)c3)cc1)O2. The molecule has 1 aliphatic heterocycles. The quantitative estimate of drug-likeness (QED) is 0.289. The average Bonchev–Trinajstić information content (AvgIpc) is 2.88. The zero-order chi connectivity index (χ0) is 31.4. The number of carbonyl (C=O) groups is 2. The summed E-state index contributed by atoms with van der Waals surface area (Å²) in [6.45, 7) is 19.4. The molecule has 0 spiro atoms. The van der Waals surface area contributed by atoms with Crippen molar-refractivity contribution in [3.05, 3.63) is 75.3 Å². The first kappa shape index (κ1) is 30.9. The van der Waals surface area contributed by atoms with Crippen molar-refractivity contribution in [2.45, 2.75) is 92.1 Å². The van der Waals surface area contributed by atoms with Gasteiger partial charge >= 0.3 is 0 Å². The van der Waals surface area contributed by atoms with Crippen molar-refractivity contribution in [3.8, 4) is 23.0 Å². The van der Waals surface area contributed by atoms with Gasteiger partial charge in [-0.25, -0.2) is 0 Å². The molecule has 3 aromatic carbocycles. The number of ether oxygens (including phenoxy) is 2. The number of Topliss-reactive ketones (excluding diaryl/α,β-unsaturated/α-hetero) is 1. The molecule has 0 saturated heterocycles. The molecule has 0 fully saturated rings. The van der Waals surface area contributed by atoms with Crippen LogP contribution >= 0.6 is 0 Å². The van der Waals surface area contributed by atoms with Crippen molar-refractivity contribution in [3.63, 3.8) is 0 Å². The molecule has 0 bridgehead atoms. The molecule has 3 aromatic rings. The third kappa shape index (κ3) is 5.96. The molecule has 7 heteroatoms. The van der Waals surface area contributed by atoms with E-state index in [1.165, 1.54) is 0 Å². The first-order valence-electron chi connectivity index (χ1n) is 14.3. The van der Waals surface area contributed by atoms with Gasteiger partial charge in [-0.1, -0.05) is 41.5 Å². The van der Waals surface area contributed by atoms with E-state index in [0.29, 0.717) is 39.4 Å². The second-order valence-electron chi connectivity index (χ2n) is 13.8. The standard InChI is InChI=1S/C35H43NO6/c1-19-20(2)31-28(21(3)29(19)38)27(37)17-35(10,42-31)18-41-24-13-11-23(12-14-24)36-32(40)22-15-25(33(4,5)6)30(39)26(16-22)34(7,8)9/h11-16,38-39H,17-18H2,1-10H3,(H,36,40). The van der Waals surface area contributed by atoms with Crippen LogP contribution in [0.15, 0.2) is 36.4 Å². The van der Waals surface area contributed by atoms with Crippen molar-refractivity contribution < 1.29 is 29.3 Å². The summed E-state index contributed by atoms with van der Waals surface area (Å²) < 4.78 is 12.4. The number of anilines is 1. The molecule has 224 valence electrons. The second-order valence-corrected chi connectivity index (χ2v) is 13.8. The van der Waals surface area contributed by atoms with Crippen LogP contribution in [0.4, 0.5) is 5.69 Å². The zero-order valence-electron chi connectivity index (χ0n) is 26.4. The molecule has 1 amide bonds. The maximum Gasteiger partial charge on any atom is 0.255 e. The molecule has 7 nitrogen and oxygen atoms in total. The van der Waals surface area contributed by atoms with E-state index in [4.69, 9.17) is 9.47 Å². The van der Waals surface area contributed by atoms with Gasteiger partial charge in [-0.3, -0.25) is 9.59 Å². The van der Waals surface area contributed by atoms with E-state index in [2.05, 4.69) is 5.32 Å². The fourth-order valence-corrected chi connectivity index (χ4v) is 5.34. The minimum absolute atomic E-state index is 0.0882. The molecule has 0 radical (unpaired) electrons. The first-order valence-corrected chi connectivity index (χ1v) is 14.3. The van der Waals surface area contributed by atoms with Crippen molar-refractivity contribution in [2.75, 3.05) is 11.9 Å². The number of amides is 1. The molecule has 0 aliphatic carbocycles. The fraction of sp³-hybridized carbons (Fsp3) is 0.429. The lowest BCUT2D eigenvalue weighted by atomic mass is 9.78. The summed E-state index contributed by atoms with van der Waals surface area (Å²) >= 11 is 0. The van der Waals surface area contributed by atoms with Crippen LogP contribution in [0.2, 0.25) is 0 Å². The Balaban J connectivity index is 1.48. The highest BCUT2D eigenvalue weighted by Gasteiger charge is 2.40. The van der Waals surface area contributed by atoms with E-state index in [1.807, 2.05) is 62.3 Å². The number of benzene rings is 3. The highest BCUT2D eigenvalue weighted by atomic mass is 16.5. The van der Waals surface area contributed by atoms with E-state index in [1.54, 1.807) is 43.3 Å². The first-order chi connectivity index (χ1) is 19.3. The van der Waals surface area contributed by atoms with Crippen molar-refractivity contribution in [1.29, 1.82) is 0 Å². The lowest BCUT2D eigenvalue weighted by molar-refractivity contribution is 0.0182. The van der Waals surface area contributed by atoms with Crippen LogP contribution in [-0.4, -0.2) is 34.1 Å². The molecule has 4 rings (SSSR count). The fourth-order valence-electron chi connectivity index (χ4n) is 5.34. The molecule has 3 N–H and O–H groups in total. The summed E-state index contributed by atoms with van der Waals surface area (Å²) in [5.74, 6) is 1.07. The summed E-state index contributed by atoms with van der Waals surface area (Å²) in [4.78, 5) is 26.4. The van der Waals surface area contributed by atoms with Gasteiger partial charge < -0.3 is 25.0 Å². The molecule has 1 unspecified atom stereocenters. The number of hydrogen-bond donors (Lipinski definition) is 3. The van der Waals surface area contributed by atoms with Gasteiger partial charge in [0, 0.05) is 27.9 Å². The van der Waals surface area contributed by atoms with Gasteiger partial charge in [0.15, 0.2) is 5.78 Å². The highest BCUT2D eigenvalue weighted by Crippen LogP contribution is 2.44. The van der Waals surface area contributed by atoms with Crippen LogP contribution in [0.1, 0.15) is 103 Å². The molecule has 0 saturated carbocycles.